The number of nitrogens with one attached hydrogen (secondary N) is 1. The van der Waals surface area contributed by atoms with E-state index in [1.54, 1.807) is 13.8 Å². The quantitative estimate of drug-likeness (QED) is 0.615. The molecule has 0 aliphatic carbocycles. The van der Waals surface area contributed by atoms with Gasteiger partial charge in [0.15, 0.2) is 0 Å². The normalized spacial score (nSPS) is 17.9. The van der Waals surface area contributed by atoms with Crippen molar-refractivity contribution in [3.63, 3.8) is 0 Å². The zero-order chi connectivity index (χ0) is 15.1. The molecular weight excluding hydrogens is 286 g/mol. The molecule has 2 rings (SSSR count). The second-order valence-electron chi connectivity index (χ2n) is 4.83. The minimum Gasteiger partial charge on any atom is -0.478 e. The van der Waals surface area contributed by atoms with Gasteiger partial charge in [-0.2, -0.15) is 0 Å². The maximum absolute atomic E-state index is 11.9. The molecule has 1 fully saturated rings. The number of anilines is 1. The summed E-state index contributed by atoms with van der Waals surface area (Å²) >= 11 is 5.79. The Morgan fingerprint density at radius 2 is 2.10 bits per heavy atom. The van der Waals surface area contributed by atoms with Crippen LogP contribution in [0, 0.1) is 0 Å². The van der Waals surface area contributed by atoms with Crippen LogP contribution < -0.4 is 10.2 Å². The molecule has 7 nitrogen and oxygen atoms in total. The van der Waals surface area contributed by atoms with Gasteiger partial charge in [-0.05, 0) is 26.0 Å². The van der Waals surface area contributed by atoms with Gasteiger partial charge in [0.05, 0.1) is 6.54 Å². The Kier molecular flexibility index (Phi) is 3.39. The molecule has 1 aromatic heterocycles. The third kappa shape index (κ3) is 2.32. The molecule has 1 aliphatic heterocycles. The molecule has 0 saturated carbocycles. The fourth-order valence-electron chi connectivity index (χ4n) is 1.92. The standard InChI is InChI=1S/C12H12ClN3O4/c1-12(2)11(20)15-8(17)5-16(12)9-6(10(18)19)3-4-7(13)14-9/h3-4H,5H2,1-2H3,(H,18,19)(H,15,17,20). The first-order chi connectivity index (χ1) is 9.23. The third-order valence-corrected chi connectivity index (χ3v) is 3.32. The fraction of sp³-hybridized carbons (Fsp3) is 0.333. The van der Waals surface area contributed by atoms with Crippen LogP contribution in [0.4, 0.5) is 5.82 Å². The highest BCUT2D eigenvalue weighted by Crippen LogP contribution is 2.29. The molecule has 0 spiro atoms. The lowest BCUT2D eigenvalue weighted by atomic mass is 9.98. The van der Waals surface area contributed by atoms with Crippen molar-refractivity contribution in [1.82, 2.24) is 10.3 Å². The number of carbonyl (C=O) groups is 3. The number of aromatic nitrogens is 1. The van der Waals surface area contributed by atoms with Crippen LogP contribution in [0.2, 0.25) is 5.15 Å². The number of aromatic carboxylic acids is 1. The number of halogens is 1. The molecule has 0 radical (unpaired) electrons. The van der Waals surface area contributed by atoms with E-state index in [4.69, 9.17) is 11.6 Å². The van der Waals surface area contributed by atoms with E-state index in [1.165, 1.54) is 17.0 Å². The molecule has 0 unspecified atom stereocenters. The average Bonchev–Trinajstić information content (AvgIpc) is 2.33. The van der Waals surface area contributed by atoms with Crippen molar-refractivity contribution in [2.45, 2.75) is 19.4 Å². The summed E-state index contributed by atoms with van der Waals surface area (Å²) in [5.74, 6) is -2.25. The Labute approximate surface area is 119 Å². The first kappa shape index (κ1) is 14.3. The number of carboxylic acid groups (broad SMARTS) is 1. The van der Waals surface area contributed by atoms with Crippen molar-refractivity contribution in [3.05, 3.63) is 22.8 Å². The van der Waals surface area contributed by atoms with E-state index in [1.807, 2.05) is 0 Å². The first-order valence-electron chi connectivity index (χ1n) is 5.75. The van der Waals surface area contributed by atoms with Gasteiger partial charge in [-0.25, -0.2) is 9.78 Å². The molecule has 0 aromatic carbocycles. The van der Waals surface area contributed by atoms with Crippen LogP contribution in [0.3, 0.4) is 0 Å². The lowest BCUT2D eigenvalue weighted by Gasteiger charge is -2.41. The van der Waals surface area contributed by atoms with Gasteiger partial charge >= 0.3 is 5.97 Å². The highest BCUT2D eigenvalue weighted by Gasteiger charge is 2.43. The van der Waals surface area contributed by atoms with Crippen LogP contribution in [-0.4, -0.2) is 40.0 Å². The Hall–Kier alpha value is -2.15. The number of imide groups is 1. The monoisotopic (exact) mass is 297 g/mol. The summed E-state index contributed by atoms with van der Waals surface area (Å²) in [6.45, 7) is 2.97. The number of amides is 2. The van der Waals surface area contributed by atoms with Crippen molar-refractivity contribution in [2.75, 3.05) is 11.4 Å². The van der Waals surface area contributed by atoms with Crippen LogP contribution in [-0.2, 0) is 9.59 Å². The second kappa shape index (κ2) is 4.75. The molecular formula is C12H12ClN3O4. The van der Waals surface area contributed by atoms with Gasteiger partial charge < -0.3 is 10.0 Å². The van der Waals surface area contributed by atoms with Gasteiger partial charge in [0, 0.05) is 0 Å². The van der Waals surface area contributed by atoms with Crippen LogP contribution >= 0.6 is 11.6 Å². The highest BCUT2D eigenvalue weighted by atomic mass is 35.5. The summed E-state index contributed by atoms with van der Waals surface area (Å²) in [4.78, 5) is 40.0. The molecule has 106 valence electrons. The van der Waals surface area contributed by atoms with Crippen LogP contribution in [0.5, 0.6) is 0 Å². The number of nitrogens with zero attached hydrogens (tertiary/aromatic N) is 2. The summed E-state index contributed by atoms with van der Waals surface area (Å²) in [5.41, 5.74) is -1.24. The first-order valence-corrected chi connectivity index (χ1v) is 6.13. The van der Waals surface area contributed by atoms with E-state index in [0.717, 1.165) is 0 Å². The van der Waals surface area contributed by atoms with Gasteiger partial charge in [-0.3, -0.25) is 14.9 Å². The topological polar surface area (TPSA) is 99.6 Å². The van der Waals surface area contributed by atoms with Gasteiger partial charge in [0.1, 0.15) is 22.1 Å². The summed E-state index contributed by atoms with van der Waals surface area (Å²) < 4.78 is 0. The van der Waals surface area contributed by atoms with Gasteiger partial charge in [0.2, 0.25) is 5.91 Å². The third-order valence-electron chi connectivity index (χ3n) is 3.11. The predicted molar refractivity (Wildman–Crippen MR) is 70.8 cm³/mol. The Balaban J connectivity index is 2.59. The fourth-order valence-corrected chi connectivity index (χ4v) is 2.06. The number of hydrogen-bond donors (Lipinski definition) is 2. The molecule has 2 heterocycles. The Bertz CT molecular complexity index is 615. The van der Waals surface area contributed by atoms with Crippen molar-refractivity contribution < 1.29 is 19.5 Å². The summed E-state index contributed by atoms with van der Waals surface area (Å²) in [7, 11) is 0. The van der Waals surface area contributed by atoms with Crippen molar-refractivity contribution in [3.8, 4) is 0 Å². The van der Waals surface area contributed by atoms with Crippen LogP contribution in [0.25, 0.3) is 0 Å². The molecule has 2 N–H and O–H groups in total. The lowest BCUT2D eigenvalue weighted by Crippen LogP contribution is -2.64. The average molecular weight is 298 g/mol. The zero-order valence-corrected chi connectivity index (χ0v) is 11.6. The van der Waals surface area contributed by atoms with E-state index in [9.17, 15) is 19.5 Å². The highest BCUT2D eigenvalue weighted by molar-refractivity contribution is 6.29. The molecule has 1 aromatic rings. The SMILES string of the molecule is CC1(C)C(=O)NC(=O)CN1c1nc(Cl)ccc1C(=O)O. The zero-order valence-electron chi connectivity index (χ0n) is 10.8. The number of carboxylic acids is 1. The molecule has 8 heteroatoms. The number of piperazine rings is 1. The predicted octanol–water partition coefficient (Wildman–Crippen LogP) is 0.675. The molecule has 0 bridgehead atoms. The van der Waals surface area contributed by atoms with E-state index < -0.39 is 23.3 Å². The Morgan fingerprint density at radius 1 is 1.45 bits per heavy atom. The maximum Gasteiger partial charge on any atom is 0.339 e. The van der Waals surface area contributed by atoms with Crippen molar-refractivity contribution in [1.29, 1.82) is 0 Å². The van der Waals surface area contributed by atoms with Crippen molar-refractivity contribution >= 4 is 35.2 Å². The maximum atomic E-state index is 11.9. The van der Waals surface area contributed by atoms with E-state index in [-0.39, 0.29) is 23.1 Å². The molecule has 0 atom stereocenters. The lowest BCUT2D eigenvalue weighted by molar-refractivity contribution is -0.135. The summed E-state index contributed by atoms with van der Waals surface area (Å²) in [5, 5.41) is 11.5. The van der Waals surface area contributed by atoms with E-state index in [2.05, 4.69) is 10.3 Å². The van der Waals surface area contributed by atoms with Crippen LogP contribution in [0.15, 0.2) is 12.1 Å². The minimum absolute atomic E-state index is 0.00167. The number of hydrogen-bond acceptors (Lipinski definition) is 5. The number of pyridine rings is 1. The molecule has 2 amide bonds. The van der Waals surface area contributed by atoms with E-state index in [0.29, 0.717) is 0 Å². The second-order valence-corrected chi connectivity index (χ2v) is 5.22. The van der Waals surface area contributed by atoms with E-state index >= 15 is 0 Å². The van der Waals surface area contributed by atoms with Gasteiger partial charge in [0.25, 0.3) is 5.91 Å². The van der Waals surface area contributed by atoms with Crippen molar-refractivity contribution in [2.24, 2.45) is 0 Å². The van der Waals surface area contributed by atoms with Gasteiger partial charge in [-0.15, -0.1) is 0 Å². The largest absolute Gasteiger partial charge is 0.478 e. The van der Waals surface area contributed by atoms with Gasteiger partial charge in [-0.1, -0.05) is 11.6 Å². The van der Waals surface area contributed by atoms with Crippen LogP contribution in [0.1, 0.15) is 24.2 Å². The summed E-state index contributed by atoms with van der Waals surface area (Å²) in [6.07, 6.45) is 0. The molecule has 1 saturated heterocycles. The summed E-state index contributed by atoms with van der Waals surface area (Å²) in [6, 6.07) is 2.63. The number of rotatable bonds is 2. The smallest absolute Gasteiger partial charge is 0.339 e. The minimum atomic E-state index is -1.21. The Morgan fingerprint density at radius 3 is 2.70 bits per heavy atom. The molecule has 20 heavy (non-hydrogen) atoms. The number of carbonyl (C=O) groups excluding carboxylic acids is 2. The molecule has 1 aliphatic rings.